The number of rotatable bonds is 0. The lowest BCUT2D eigenvalue weighted by Crippen LogP contribution is -2.07. The van der Waals surface area contributed by atoms with Gasteiger partial charge in [-0.3, -0.25) is 0 Å². The van der Waals surface area contributed by atoms with E-state index >= 15 is 0 Å². The van der Waals surface area contributed by atoms with Gasteiger partial charge in [0.2, 0.25) is 0 Å². The highest BCUT2D eigenvalue weighted by molar-refractivity contribution is 14.1. The number of nitrogens with one attached hydrogen (secondary N) is 1. The Balaban J connectivity index is 2.55. The molecule has 0 aromatic heterocycles. The van der Waals surface area contributed by atoms with Crippen LogP contribution in [0.3, 0.4) is 0 Å². The number of halogens is 2. The Hall–Kier alpha value is -0.0700. The van der Waals surface area contributed by atoms with Crippen molar-refractivity contribution in [3.8, 4) is 0 Å². The summed E-state index contributed by atoms with van der Waals surface area (Å²) in [5, 5.41) is 8.27. The highest BCUT2D eigenvalue weighted by Gasteiger charge is 2.17. The SMILES string of the molecule is S=C1[N]c2cc(Cl)c(I)cc2N1. The summed E-state index contributed by atoms with van der Waals surface area (Å²) >= 11 is 13.0. The van der Waals surface area contributed by atoms with Crippen LogP contribution in [-0.2, 0) is 0 Å². The van der Waals surface area contributed by atoms with Crippen LogP contribution in [0.5, 0.6) is 0 Å². The predicted molar refractivity (Wildman–Crippen MR) is 62.2 cm³/mol. The minimum Gasteiger partial charge on any atom is -0.329 e. The molecule has 5 heteroatoms. The van der Waals surface area contributed by atoms with Crippen LogP contribution < -0.4 is 10.6 Å². The summed E-state index contributed by atoms with van der Waals surface area (Å²) in [6, 6.07) is 3.74. The summed E-state index contributed by atoms with van der Waals surface area (Å²) in [4.78, 5) is 0. The van der Waals surface area contributed by atoms with Crippen molar-refractivity contribution in [2.45, 2.75) is 0 Å². The summed E-state index contributed by atoms with van der Waals surface area (Å²) in [5.74, 6) is 0. The standard InChI is InChI=1S/C7H3ClIN2S/c8-3-1-5-6(2-4(3)9)11-7(12)10-5/h1-2H,(H,11,12). The predicted octanol–water partition coefficient (Wildman–Crippen LogP) is 2.89. The summed E-state index contributed by atoms with van der Waals surface area (Å²) in [6.45, 7) is 0. The molecule has 12 heavy (non-hydrogen) atoms. The van der Waals surface area contributed by atoms with Gasteiger partial charge in [0.1, 0.15) is 0 Å². The van der Waals surface area contributed by atoms with Gasteiger partial charge in [-0.25, -0.2) is 5.32 Å². The third kappa shape index (κ3) is 1.38. The van der Waals surface area contributed by atoms with Crippen molar-refractivity contribution in [2.75, 3.05) is 5.32 Å². The molecule has 1 radical (unpaired) electrons. The highest BCUT2D eigenvalue weighted by Crippen LogP contribution is 2.33. The largest absolute Gasteiger partial charge is 0.329 e. The lowest BCUT2D eigenvalue weighted by Gasteiger charge is -1.99. The Morgan fingerprint density at radius 1 is 1.50 bits per heavy atom. The number of anilines is 1. The Bertz CT molecular complexity index is 334. The first-order chi connectivity index (χ1) is 5.66. The maximum absolute atomic E-state index is 5.90. The van der Waals surface area contributed by atoms with Crippen molar-refractivity contribution < 1.29 is 0 Å². The van der Waals surface area contributed by atoms with Gasteiger partial charge < -0.3 is 5.32 Å². The molecule has 0 saturated carbocycles. The van der Waals surface area contributed by atoms with Crippen LogP contribution in [0.15, 0.2) is 12.1 Å². The number of fused-ring (bicyclic) bond motifs is 1. The summed E-state index contributed by atoms with van der Waals surface area (Å²) in [6.07, 6.45) is 0. The van der Waals surface area contributed by atoms with Crippen molar-refractivity contribution >= 4 is 62.9 Å². The molecule has 0 unspecified atom stereocenters. The van der Waals surface area contributed by atoms with E-state index in [1.807, 2.05) is 12.1 Å². The maximum atomic E-state index is 5.90. The van der Waals surface area contributed by atoms with Gasteiger partial charge in [-0.2, -0.15) is 0 Å². The van der Waals surface area contributed by atoms with Crippen LogP contribution in [0.25, 0.3) is 0 Å². The van der Waals surface area contributed by atoms with E-state index in [0.29, 0.717) is 10.1 Å². The van der Waals surface area contributed by atoms with Crippen LogP contribution in [0.4, 0.5) is 11.4 Å². The van der Waals surface area contributed by atoms with Gasteiger partial charge in [-0.15, -0.1) is 0 Å². The van der Waals surface area contributed by atoms with E-state index in [0.717, 1.165) is 14.9 Å². The molecule has 0 aliphatic carbocycles. The Labute approximate surface area is 93.8 Å². The first-order valence-corrected chi connectivity index (χ1v) is 5.05. The molecule has 2 rings (SSSR count). The molecule has 0 amide bonds. The Morgan fingerprint density at radius 3 is 3.00 bits per heavy atom. The normalized spacial score (nSPS) is 13.7. The molecule has 0 fully saturated rings. The summed E-state index contributed by atoms with van der Waals surface area (Å²) in [5.41, 5.74) is 1.76. The van der Waals surface area contributed by atoms with Gasteiger partial charge in [-0.05, 0) is 46.9 Å². The van der Waals surface area contributed by atoms with Gasteiger partial charge in [0.25, 0.3) is 0 Å². The molecule has 0 atom stereocenters. The van der Waals surface area contributed by atoms with Crippen molar-refractivity contribution in [2.24, 2.45) is 0 Å². The lowest BCUT2D eigenvalue weighted by atomic mass is 10.3. The molecule has 0 saturated heterocycles. The number of nitrogens with zero attached hydrogens (tertiary/aromatic N) is 1. The minimum atomic E-state index is 0.503. The van der Waals surface area contributed by atoms with Crippen LogP contribution in [-0.4, -0.2) is 5.11 Å². The fourth-order valence-electron chi connectivity index (χ4n) is 0.982. The van der Waals surface area contributed by atoms with E-state index in [1.54, 1.807) is 0 Å². The highest BCUT2D eigenvalue weighted by atomic mass is 127. The number of benzene rings is 1. The third-order valence-electron chi connectivity index (χ3n) is 1.50. The van der Waals surface area contributed by atoms with E-state index in [9.17, 15) is 0 Å². The second kappa shape index (κ2) is 3.01. The molecule has 1 aliphatic rings. The number of thiocarbonyl (C=S) groups is 1. The van der Waals surface area contributed by atoms with Crippen molar-refractivity contribution in [3.63, 3.8) is 0 Å². The number of hydrogen-bond acceptors (Lipinski definition) is 1. The maximum Gasteiger partial charge on any atom is 0.197 e. The zero-order valence-electron chi connectivity index (χ0n) is 5.77. The molecular weight excluding hydrogens is 307 g/mol. The molecule has 2 nitrogen and oxygen atoms in total. The minimum absolute atomic E-state index is 0.503. The molecule has 1 heterocycles. The average molecular weight is 310 g/mol. The van der Waals surface area contributed by atoms with Crippen molar-refractivity contribution in [1.82, 2.24) is 5.32 Å². The molecule has 1 aliphatic heterocycles. The molecule has 0 bridgehead atoms. The third-order valence-corrected chi connectivity index (χ3v) is 3.22. The fraction of sp³-hybridized carbons (Fsp3) is 0. The van der Waals surface area contributed by atoms with E-state index < -0.39 is 0 Å². The van der Waals surface area contributed by atoms with Gasteiger partial charge in [0, 0.05) is 3.57 Å². The summed E-state index contributed by atoms with van der Waals surface area (Å²) in [7, 11) is 0. The zero-order chi connectivity index (χ0) is 8.72. The summed E-state index contributed by atoms with van der Waals surface area (Å²) < 4.78 is 1.00. The van der Waals surface area contributed by atoms with Crippen LogP contribution in [0.1, 0.15) is 0 Å². The quantitative estimate of drug-likeness (QED) is 0.589. The van der Waals surface area contributed by atoms with Gasteiger partial charge in [0.05, 0.1) is 16.4 Å². The number of hydrogen-bond donors (Lipinski definition) is 1. The van der Waals surface area contributed by atoms with Crippen LogP contribution >= 0.6 is 46.4 Å². The first kappa shape index (κ1) is 8.52. The topological polar surface area (TPSA) is 26.1 Å². The van der Waals surface area contributed by atoms with Crippen LogP contribution in [0.2, 0.25) is 5.02 Å². The lowest BCUT2D eigenvalue weighted by molar-refractivity contribution is 1.34. The smallest absolute Gasteiger partial charge is 0.197 e. The first-order valence-electron chi connectivity index (χ1n) is 3.18. The molecule has 61 valence electrons. The van der Waals surface area contributed by atoms with Gasteiger partial charge in [0.15, 0.2) is 5.11 Å². The molecule has 1 aromatic carbocycles. The van der Waals surface area contributed by atoms with Crippen molar-refractivity contribution in [3.05, 3.63) is 20.7 Å². The van der Waals surface area contributed by atoms with E-state index in [2.05, 4.69) is 33.2 Å². The van der Waals surface area contributed by atoms with E-state index in [1.165, 1.54) is 0 Å². The second-order valence-electron chi connectivity index (χ2n) is 2.33. The van der Waals surface area contributed by atoms with E-state index in [-0.39, 0.29) is 0 Å². The Morgan fingerprint density at radius 2 is 2.25 bits per heavy atom. The van der Waals surface area contributed by atoms with Gasteiger partial charge in [-0.1, -0.05) is 11.6 Å². The fourth-order valence-corrected chi connectivity index (χ4v) is 1.81. The average Bonchev–Trinajstić information content (AvgIpc) is 2.30. The van der Waals surface area contributed by atoms with E-state index in [4.69, 9.17) is 23.8 Å². The molecule has 1 aromatic rings. The molecule has 0 spiro atoms. The Kier molecular flexibility index (Phi) is 2.14. The van der Waals surface area contributed by atoms with Gasteiger partial charge >= 0.3 is 0 Å². The molecular formula is C7H3ClIN2S. The molecule has 1 N–H and O–H groups in total. The second-order valence-corrected chi connectivity index (χ2v) is 4.28. The monoisotopic (exact) mass is 309 g/mol. The zero-order valence-corrected chi connectivity index (χ0v) is 9.50. The van der Waals surface area contributed by atoms with Crippen LogP contribution in [0, 0.1) is 3.57 Å². The van der Waals surface area contributed by atoms with Crippen molar-refractivity contribution in [1.29, 1.82) is 0 Å².